The molecule has 1 aromatic rings. The van der Waals surface area contributed by atoms with Crippen molar-refractivity contribution in [3.8, 4) is 5.88 Å². The quantitative estimate of drug-likeness (QED) is 0.801. The van der Waals surface area contributed by atoms with Gasteiger partial charge in [0.05, 0.1) is 18.9 Å². The van der Waals surface area contributed by atoms with E-state index in [2.05, 4.69) is 9.72 Å². The molecule has 1 aliphatic heterocycles. The molecule has 3 N–H and O–H groups in total. The molecule has 1 amide bonds. The predicted octanol–water partition coefficient (Wildman–Crippen LogP) is 0.535. The SMILES string of the molecule is NC(=O)Oc1ccc(C2CCOC2)c(CO)n1. The minimum atomic E-state index is -0.918. The molecule has 92 valence electrons. The molecule has 6 heteroatoms. The second-order valence-electron chi connectivity index (χ2n) is 3.83. The third-order valence-corrected chi connectivity index (χ3v) is 2.71. The van der Waals surface area contributed by atoms with Gasteiger partial charge in [-0.05, 0) is 12.0 Å². The van der Waals surface area contributed by atoms with Crippen molar-refractivity contribution in [1.82, 2.24) is 4.98 Å². The fraction of sp³-hybridized carbons (Fsp3) is 0.455. The number of amides is 1. The van der Waals surface area contributed by atoms with E-state index in [9.17, 15) is 9.90 Å². The number of carbonyl (C=O) groups is 1. The lowest BCUT2D eigenvalue weighted by Crippen LogP contribution is -2.17. The number of hydrogen-bond acceptors (Lipinski definition) is 5. The fourth-order valence-electron chi connectivity index (χ4n) is 1.93. The third kappa shape index (κ3) is 2.72. The molecular weight excluding hydrogens is 224 g/mol. The summed E-state index contributed by atoms with van der Waals surface area (Å²) in [5.41, 5.74) is 6.32. The minimum Gasteiger partial charge on any atom is -0.391 e. The van der Waals surface area contributed by atoms with Crippen LogP contribution in [0.3, 0.4) is 0 Å². The highest BCUT2D eigenvalue weighted by Gasteiger charge is 2.21. The Labute approximate surface area is 98.4 Å². The van der Waals surface area contributed by atoms with Crippen LogP contribution in [0, 0.1) is 0 Å². The van der Waals surface area contributed by atoms with Gasteiger partial charge in [-0.2, -0.15) is 0 Å². The number of hydrogen-bond donors (Lipinski definition) is 2. The molecule has 0 bridgehead atoms. The summed E-state index contributed by atoms with van der Waals surface area (Å²) in [5, 5.41) is 9.26. The van der Waals surface area contributed by atoms with Gasteiger partial charge >= 0.3 is 6.09 Å². The lowest BCUT2D eigenvalue weighted by atomic mass is 9.97. The Bertz CT molecular complexity index is 416. The molecule has 2 heterocycles. The average Bonchev–Trinajstić information content (AvgIpc) is 2.81. The zero-order valence-electron chi connectivity index (χ0n) is 9.26. The number of primary amides is 1. The Morgan fingerprint density at radius 3 is 3.06 bits per heavy atom. The molecule has 6 nitrogen and oxygen atoms in total. The van der Waals surface area contributed by atoms with Crippen molar-refractivity contribution in [3.05, 3.63) is 23.4 Å². The lowest BCUT2D eigenvalue weighted by Gasteiger charge is -2.12. The van der Waals surface area contributed by atoms with Gasteiger partial charge in [0.2, 0.25) is 5.88 Å². The maximum absolute atomic E-state index is 10.6. The first-order valence-electron chi connectivity index (χ1n) is 5.36. The van der Waals surface area contributed by atoms with Crippen LogP contribution in [0.4, 0.5) is 4.79 Å². The molecule has 17 heavy (non-hydrogen) atoms. The first-order valence-corrected chi connectivity index (χ1v) is 5.36. The Morgan fingerprint density at radius 1 is 1.65 bits per heavy atom. The van der Waals surface area contributed by atoms with Gasteiger partial charge in [0.1, 0.15) is 0 Å². The molecule has 1 unspecified atom stereocenters. The number of nitrogens with two attached hydrogens (primary N) is 1. The lowest BCUT2D eigenvalue weighted by molar-refractivity contribution is 0.193. The normalized spacial score (nSPS) is 19.2. The van der Waals surface area contributed by atoms with E-state index in [0.29, 0.717) is 12.3 Å². The number of aliphatic hydroxyl groups is 1. The molecule has 0 aliphatic carbocycles. The summed E-state index contributed by atoms with van der Waals surface area (Å²) >= 11 is 0. The topological polar surface area (TPSA) is 94.7 Å². The van der Waals surface area contributed by atoms with Gasteiger partial charge in [-0.3, -0.25) is 0 Å². The summed E-state index contributed by atoms with van der Waals surface area (Å²) in [7, 11) is 0. The standard InChI is InChI=1S/C11H14N2O4/c12-11(15)17-10-2-1-8(9(5-14)13-10)7-3-4-16-6-7/h1-2,7,14H,3-6H2,(H2,12,15). The van der Waals surface area contributed by atoms with E-state index in [1.165, 1.54) is 0 Å². The van der Waals surface area contributed by atoms with Gasteiger partial charge in [0, 0.05) is 18.6 Å². The maximum Gasteiger partial charge on any atom is 0.411 e. The Morgan fingerprint density at radius 2 is 2.47 bits per heavy atom. The molecule has 1 aromatic heterocycles. The summed E-state index contributed by atoms with van der Waals surface area (Å²) in [6.45, 7) is 1.14. The largest absolute Gasteiger partial charge is 0.411 e. The second-order valence-corrected chi connectivity index (χ2v) is 3.83. The summed E-state index contributed by atoms with van der Waals surface area (Å²) in [4.78, 5) is 14.6. The molecular formula is C11H14N2O4. The number of ether oxygens (including phenoxy) is 2. The van der Waals surface area contributed by atoms with Crippen molar-refractivity contribution >= 4 is 6.09 Å². The molecule has 2 rings (SSSR count). The van der Waals surface area contributed by atoms with Crippen molar-refractivity contribution in [2.75, 3.05) is 13.2 Å². The van der Waals surface area contributed by atoms with Crippen LogP contribution in [0.5, 0.6) is 5.88 Å². The van der Waals surface area contributed by atoms with E-state index >= 15 is 0 Å². The van der Waals surface area contributed by atoms with Crippen molar-refractivity contribution in [2.24, 2.45) is 5.73 Å². The number of carbonyl (C=O) groups excluding carboxylic acids is 1. The van der Waals surface area contributed by atoms with Crippen LogP contribution >= 0.6 is 0 Å². The molecule has 1 fully saturated rings. The highest BCUT2D eigenvalue weighted by atomic mass is 16.6. The van der Waals surface area contributed by atoms with Crippen LogP contribution in [0.2, 0.25) is 0 Å². The highest BCUT2D eigenvalue weighted by molar-refractivity contribution is 5.67. The first-order chi connectivity index (χ1) is 8.20. The Hall–Kier alpha value is -1.66. The number of rotatable bonds is 3. The molecule has 1 aliphatic rings. The summed E-state index contributed by atoms with van der Waals surface area (Å²) in [6.07, 6.45) is -0.0108. The van der Waals surface area contributed by atoms with E-state index < -0.39 is 6.09 Å². The Balaban J connectivity index is 2.24. The average molecular weight is 238 g/mol. The van der Waals surface area contributed by atoms with Crippen molar-refractivity contribution < 1.29 is 19.4 Å². The zero-order chi connectivity index (χ0) is 12.3. The summed E-state index contributed by atoms with van der Waals surface area (Å²) in [6, 6.07) is 3.35. The molecule has 0 saturated carbocycles. The van der Waals surface area contributed by atoms with Crippen molar-refractivity contribution in [3.63, 3.8) is 0 Å². The van der Waals surface area contributed by atoms with E-state index in [1.807, 2.05) is 0 Å². The van der Waals surface area contributed by atoms with E-state index in [4.69, 9.17) is 10.5 Å². The molecule has 0 aromatic carbocycles. The van der Waals surface area contributed by atoms with Crippen molar-refractivity contribution in [1.29, 1.82) is 0 Å². The first kappa shape index (κ1) is 11.8. The van der Waals surface area contributed by atoms with Gasteiger partial charge in [0.25, 0.3) is 0 Å². The summed E-state index contributed by atoms with van der Waals surface area (Å²) < 4.78 is 9.95. The number of nitrogens with zero attached hydrogens (tertiary/aromatic N) is 1. The zero-order valence-corrected chi connectivity index (χ0v) is 9.26. The summed E-state index contributed by atoms with van der Waals surface area (Å²) in [5.74, 6) is 0.344. The van der Waals surface area contributed by atoms with Gasteiger partial charge in [0.15, 0.2) is 0 Å². The second kappa shape index (κ2) is 5.11. The van der Waals surface area contributed by atoms with Gasteiger partial charge in [-0.1, -0.05) is 6.07 Å². The monoisotopic (exact) mass is 238 g/mol. The van der Waals surface area contributed by atoms with Gasteiger partial charge in [-0.15, -0.1) is 0 Å². The molecule has 1 saturated heterocycles. The molecule has 1 atom stereocenters. The highest BCUT2D eigenvalue weighted by Crippen LogP contribution is 2.28. The van der Waals surface area contributed by atoms with Crippen LogP contribution in [-0.4, -0.2) is 29.4 Å². The van der Waals surface area contributed by atoms with Crippen LogP contribution in [-0.2, 0) is 11.3 Å². The molecule has 0 radical (unpaired) electrons. The number of aliphatic hydroxyl groups excluding tert-OH is 1. The van der Waals surface area contributed by atoms with Crippen molar-refractivity contribution in [2.45, 2.75) is 18.9 Å². The smallest absolute Gasteiger partial charge is 0.391 e. The minimum absolute atomic E-state index is 0.101. The van der Waals surface area contributed by atoms with Crippen LogP contribution in [0.1, 0.15) is 23.6 Å². The van der Waals surface area contributed by atoms with Crippen LogP contribution < -0.4 is 10.5 Å². The number of aromatic nitrogens is 1. The maximum atomic E-state index is 10.6. The van der Waals surface area contributed by atoms with Crippen LogP contribution in [0.25, 0.3) is 0 Å². The van der Waals surface area contributed by atoms with E-state index in [1.54, 1.807) is 12.1 Å². The van der Waals surface area contributed by atoms with E-state index in [-0.39, 0.29) is 18.4 Å². The third-order valence-electron chi connectivity index (χ3n) is 2.71. The van der Waals surface area contributed by atoms with Gasteiger partial charge < -0.3 is 20.3 Å². The van der Waals surface area contributed by atoms with Crippen LogP contribution in [0.15, 0.2) is 12.1 Å². The molecule has 0 spiro atoms. The van der Waals surface area contributed by atoms with Gasteiger partial charge in [-0.25, -0.2) is 9.78 Å². The Kier molecular flexibility index (Phi) is 3.55. The predicted molar refractivity (Wildman–Crippen MR) is 58.5 cm³/mol. The number of pyridine rings is 1. The van der Waals surface area contributed by atoms with E-state index in [0.717, 1.165) is 18.6 Å². The fourth-order valence-corrected chi connectivity index (χ4v) is 1.93.